The Morgan fingerprint density at radius 3 is 2.93 bits per heavy atom. The van der Waals surface area contributed by atoms with Crippen molar-refractivity contribution in [3.63, 3.8) is 0 Å². The van der Waals surface area contributed by atoms with Gasteiger partial charge in [0, 0.05) is 39.2 Å². The first kappa shape index (κ1) is 17.9. The molecular weight excluding hydrogens is 350 g/mol. The topological polar surface area (TPSA) is 93.4 Å². The molecule has 0 unspecified atom stereocenters. The fraction of sp³-hybridized carbons (Fsp3) is 0.526. The average molecular weight is 373 g/mol. The molecule has 8 heteroatoms. The highest BCUT2D eigenvalue weighted by molar-refractivity contribution is 5.94. The van der Waals surface area contributed by atoms with Gasteiger partial charge in [-0.15, -0.1) is 0 Å². The Hall–Kier alpha value is -2.45. The van der Waals surface area contributed by atoms with Crippen LogP contribution in [-0.2, 0) is 9.47 Å². The molecule has 144 valence electrons. The Balaban J connectivity index is 1.56. The predicted molar refractivity (Wildman–Crippen MR) is 97.0 cm³/mol. The molecule has 2 aliphatic rings. The number of likely N-dealkylation sites (tertiary alicyclic amines) is 1. The number of ether oxygens (including phenoxy) is 2. The van der Waals surface area contributed by atoms with E-state index in [1.54, 1.807) is 12.0 Å². The summed E-state index contributed by atoms with van der Waals surface area (Å²) >= 11 is 0. The second-order valence-corrected chi connectivity index (χ2v) is 7.14. The summed E-state index contributed by atoms with van der Waals surface area (Å²) < 4.78 is 12.9. The maximum Gasteiger partial charge on any atom is 0.270 e. The number of hydrogen-bond acceptors (Lipinski definition) is 6. The van der Waals surface area contributed by atoms with Gasteiger partial charge in [-0.2, -0.15) is 0 Å². The molecule has 8 nitrogen and oxygen atoms in total. The summed E-state index contributed by atoms with van der Waals surface area (Å²) in [6, 6.07) is 2.99. The van der Waals surface area contributed by atoms with E-state index in [4.69, 9.17) is 9.47 Å². The fourth-order valence-corrected chi connectivity index (χ4v) is 4.20. The van der Waals surface area contributed by atoms with Crippen LogP contribution < -0.4 is 5.56 Å². The molecule has 0 saturated carbocycles. The van der Waals surface area contributed by atoms with Crippen molar-refractivity contribution in [2.45, 2.75) is 37.4 Å². The van der Waals surface area contributed by atoms with Crippen LogP contribution in [0.15, 0.2) is 29.3 Å². The van der Waals surface area contributed by atoms with Crippen molar-refractivity contribution in [2.24, 2.45) is 0 Å². The highest BCUT2D eigenvalue weighted by Crippen LogP contribution is 2.37. The number of piperidine rings is 1. The number of hydrogen-bond donors (Lipinski definition) is 1. The van der Waals surface area contributed by atoms with Gasteiger partial charge < -0.3 is 19.5 Å². The zero-order valence-electron chi connectivity index (χ0n) is 15.3. The lowest BCUT2D eigenvalue weighted by Gasteiger charge is -2.47. The molecule has 2 saturated heterocycles. The van der Waals surface area contributed by atoms with Gasteiger partial charge in [-0.25, -0.2) is 4.98 Å². The van der Waals surface area contributed by atoms with Gasteiger partial charge in [-0.3, -0.25) is 14.0 Å². The Morgan fingerprint density at radius 1 is 1.41 bits per heavy atom. The third kappa shape index (κ3) is 2.98. The third-order valence-corrected chi connectivity index (χ3v) is 5.71. The number of fused-ring (bicyclic) bond motifs is 1. The summed E-state index contributed by atoms with van der Waals surface area (Å²) in [7, 11) is 1.70. The van der Waals surface area contributed by atoms with Crippen LogP contribution in [0.1, 0.15) is 36.0 Å². The molecule has 4 rings (SSSR count). The van der Waals surface area contributed by atoms with E-state index in [0.717, 1.165) is 12.8 Å². The van der Waals surface area contributed by atoms with Gasteiger partial charge in [0.15, 0.2) is 11.4 Å². The summed E-state index contributed by atoms with van der Waals surface area (Å²) in [5.74, 6) is -0.446. The third-order valence-electron chi connectivity index (χ3n) is 5.71. The van der Waals surface area contributed by atoms with Crippen molar-refractivity contribution >= 4 is 11.6 Å². The SMILES string of the molecule is CO[C@@H]1CCCOC12CCN(C(=O)c1cnc3c(O)cccn3c1=O)CC2. The van der Waals surface area contributed by atoms with E-state index in [1.807, 2.05) is 0 Å². The standard InChI is InChI=1S/C19H23N3O5/c1-26-15-5-3-11-27-19(15)6-9-21(10-7-19)17(24)13-12-20-16-14(23)4-2-8-22(16)18(13)25/h2,4,8,12,15,23H,3,5-7,9-11H2,1H3/t15-/m1/s1. The summed E-state index contributed by atoms with van der Waals surface area (Å²) in [4.78, 5) is 31.3. The summed E-state index contributed by atoms with van der Waals surface area (Å²) in [6.45, 7) is 1.72. The van der Waals surface area contributed by atoms with Crippen molar-refractivity contribution in [3.8, 4) is 5.75 Å². The molecule has 0 bridgehead atoms. The number of aromatic hydroxyl groups is 1. The van der Waals surface area contributed by atoms with Gasteiger partial charge in [0.05, 0.1) is 11.7 Å². The fourth-order valence-electron chi connectivity index (χ4n) is 4.20. The molecule has 27 heavy (non-hydrogen) atoms. The Kier molecular flexibility index (Phi) is 4.61. The summed E-state index contributed by atoms with van der Waals surface area (Å²) in [5.41, 5.74) is -0.686. The smallest absolute Gasteiger partial charge is 0.270 e. The lowest BCUT2D eigenvalue weighted by atomic mass is 9.81. The molecule has 2 aliphatic heterocycles. The summed E-state index contributed by atoms with van der Waals surface area (Å²) in [6.07, 6.45) is 6.09. The number of rotatable bonds is 2. The van der Waals surface area contributed by atoms with Crippen molar-refractivity contribution in [1.82, 2.24) is 14.3 Å². The van der Waals surface area contributed by atoms with E-state index in [9.17, 15) is 14.7 Å². The molecule has 1 spiro atoms. The van der Waals surface area contributed by atoms with E-state index in [-0.39, 0.29) is 34.6 Å². The Bertz CT molecular complexity index is 917. The quantitative estimate of drug-likeness (QED) is 0.850. The van der Waals surface area contributed by atoms with Crippen LogP contribution in [0.3, 0.4) is 0 Å². The minimum atomic E-state index is -0.482. The van der Waals surface area contributed by atoms with Crippen LogP contribution in [-0.4, -0.2) is 63.8 Å². The van der Waals surface area contributed by atoms with E-state index in [0.29, 0.717) is 32.5 Å². The van der Waals surface area contributed by atoms with E-state index in [2.05, 4.69) is 4.98 Å². The number of aromatic nitrogens is 2. The molecule has 2 aromatic rings. The van der Waals surface area contributed by atoms with Gasteiger partial charge >= 0.3 is 0 Å². The van der Waals surface area contributed by atoms with Crippen LogP contribution in [0.5, 0.6) is 5.75 Å². The van der Waals surface area contributed by atoms with Crippen LogP contribution in [0.25, 0.3) is 5.65 Å². The predicted octanol–water partition coefficient (Wildman–Crippen LogP) is 1.20. The molecular formula is C19H23N3O5. The normalized spacial score (nSPS) is 22.3. The van der Waals surface area contributed by atoms with Gasteiger partial charge in [0.25, 0.3) is 11.5 Å². The summed E-state index contributed by atoms with van der Waals surface area (Å²) in [5, 5.41) is 9.82. The van der Waals surface area contributed by atoms with Crippen molar-refractivity contribution < 1.29 is 19.4 Å². The molecule has 0 aromatic carbocycles. The molecule has 1 N–H and O–H groups in total. The maximum absolute atomic E-state index is 12.9. The zero-order chi connectivity index (χ0) is 19.0. The molecule has 2 aromatic heterocycles. The van der Waals surface area contributed by atoms with E-state index < -0.39 is 5.56 Å². The average Bonchev–Trinajstić information content (AvgIpc) is 2.69. The van der Waals surface area contributed by atoms with E-state index >= 15 is 0 Å². The molecule has 0 aliphatic carbocycles. The minimum absolute atomic E-state index is 0.00176. The van der Waals surface area contributed by atoms with Crippen LogP contribution in [0, 0.1) is 0 Å². The number of carbonyl (C=O) groups excluding carboxylic acids is 1. The van der Waals surface area contributed by atoms with Gasteiger partial charge in [0.1, 0.15) is 5.56 Å². The van der Waals surface area contributed by atoms with Gasteiger partial charge in [0.2, 0.25) is 0 Å². The van der Waals surface area contributed by atoms with Gasteiger partial charge in [-0.05, 0) is 37.8 Å². The molecule has 1 amide bonds. The second-order valence-electron chi connectivity index (χ2n) is 7.14. The monoisotopic (exact) mass is 373 g/mol. The highest BCUT2D eigenvalue weighted by Gasteiger charge is 2.45. The first-order valence-corrected chi connectivity index (χ1v) is 9.21. The molecule has 4 heterocycles. The lowest BCUT2D eigenvalue weighted by molar-refractivity contribution is -0.183. The first-order chi connectivity index (χ1) is 13.1. The zero-order valence-corrected chi connectivity index (χ0v) is 15.3. The first-order valence-electron chi connectivity index (χ1n) is 9.21. The minimum Gasteiger partial charge on any atom is -0.504 e. The molecule has 1 atom stereocenters. The number of carbonyl (C=O) groups is 1. The number of methoxy groups -OCH3 is 1. The lowest BCUT2D eigenvalue weighted by Crippen LogP contribution is -2.57. The van der Waals surface area contributed by atoms with Crippen molar-refractivity contribution in [3.05, 3.63) is 40.4 Å². The molecule has 0 radical (unpaired) electrons. The highest BCUT2D eigenvalue weighted by atomic mass is 16.5. The largest absolute Gasteiger partial charge is 0.504 e. The van der Waals surface area contributed by atoms with Crippen LogP contribution in [0.2, 0.25) is 0 Å². The maximum atomic E-state index is 12.9. The van der Waals surface area contributed by atoms with Crippen LogP contribution >= 0.6 is 0 Å². The van der Waals surface area contributed by atoms with Crippen molar-refractivity contribution in [1.29, 1.82) is 0 Å². The number of amides is 1. The Labute approximate surface area is 156 Å². The van der Waals surface area contributed by atoms with E-state index in [1.165, 1.54) is 28.9 Å². The molecule has 2 fully saturated rings. The number of pyridine rings is 1. The van der Waals surface area contributed by atoms with Crippen LogP contribution in [0.4, 0.5) is 0 Å². The van der Waals surface area contributed by atoms with Gasteiger partial charge in [-0.1, -0.05) is 0 Å². The second kappa shape index (κ2) is 6.94. The van der Waals surface area contributed by atoms with Crippen molar-refractivity contribution in [2.75, 3.05) is 26.8 Å². The number of nitrogens with zero attached hydrogens (tertiary/aromatic N) is 3. The Morgan fingerprint density at radius 2 is 2.19 bits per heavy atom.